The van der Waals surface area contributed by atoms with Gasteiger partial charge in [0.25, 0.3) is 0 Å². The highest BCUT2D eigenvalue weighted by atomic mass is 28.4. The number of methoxy groups -OCH3 is 1. The lowest BCUT2D eigenvalue weighted by atomic mass is 9.74. The Labute approximate surface area is 424 Å². The number of nitrogens with zero attached hydrogens (tertiary/aromatic N) is 2. The minimum Gasteiger partial charge on any atom is -0.455 e. The second-order valence-corrected chi connectivity index (χ2v) is 33.3. The molecule has 0 radical (unpaired) electrons. The van der Waals surface area contributed by atoms with Gasteiger partial charge in [0.05, 0.1) is 71.7 Å². The molecule has 0 bridgehead atoms. The van der Waals surface area contributed by atoms with Gasteiger partial charge in [0.1, 0.15) is 11.7 Å². The van der Waals surface area contributed by atoms with Gasteiger partial charge in [-0.2, -0.15) is 0 Å². The van der Waals surface area contributed by atoms with E-state index in [9.17, 15) is 20.1 Å². The topological polar surface area (TPSA) is 186 Å². The van der Waals surface area contributed by atoms with Crippen molar-refractivity contribution in [3.63, 3.8) is 0 Å². The molecule has 0 aromatic carbocycles. The van der Waals surface area contributed by atoms with E-state index in [2.05, 4.69) is 50.8 Å². The molecule has 408 valence electrons. The van der Waals surface area contributed by atoms with Gasteiger partial charge in [0.2, 0.25) is 0 Å². The third-order valence-corrected chi connectivity index (χ3v) is 16.8. The quantitative estimate of drug-likeness (QED) is 0.0624. The highest BCUT2D eigenvalue weighted by Crippen LogP contribution is 2.43. The van der Waals surface area contributed by atoms with Gasteiger partial charge in [-0.05, 0) is 147 Å². The first-order chi connectivity index (χ1) is 32.2. The number of rotatable bonds is 15. The molecule has 16 nitrogen and oxygen atoms in total. The summed E-state index contributed by atoms with van der Waals surface area (Å²) < 4.78 is 60.0. The van der Waals surface area contributed by atoms with Crippen molar-refractivity contribution in [3.8, 4) is 0 Å². The van der Waals surface area contributed by atoms with E-state index in [4.69, 9.17) is 52.0 Å². The summed E-state index contributed by atoms with van der Waals surface area (Å²) >= 11 is 0. The lowest BCUT2D eigenvalue weighted by Gasteiger charge is -2.51. The number of esters is 1. The van der Waals surface area contributed by atoms with Gasteiger partial charge >= 0.3 is 5.97 Å². The van der Waals surface area contributed by atoms with Gasteiger partial charge < -0.3 is 67.1 Å². The van der Waals surface area contributed by atoms with Crippen molar-refractivity contribution in [1.29, 1.82) is 0 Å². The molecule has 4 fully saturated rings. The van der Waals surface area contributed by atoms with Crippen molar-refractivity contribution < 1.29 is 67.0 Å². The number of carbonyl (C=O) groups is 1. The fourth-order valence-corrected chi connectivity index (χ4v) is 13.6. The number of carbonyl (C=O) groups excluding carboxylic acids is 1. The fraction of sp³-hybridized carbons (Fsp3) is 0.923. The maximum Gasteiger partial charge on any atom is 0.312 e. The summed E-state index contributed by atoms with van der Waals surface area (Å²) in [5, 5.41) is 42.7. The zero-order chi connectivity index (χ0) is 53.1. The van der Waals surface area contributed by atoms with Crippen molar-refractivity contribution in [3.05, 3.63) is 12.7 Å². The van der Waals surface area contributed by atoms with Gasteiger partial charge in [-0.1, -0.05) is 38.9 Å². The van der Waals surface area contributed by atoms with E-state index in [0.29, 0.717) is 12.1 Å². The number of aliphatic hydroxyl groups is 3. The Morgan fingerprint density at radius 2 is 1.44 bits per heavy atom. The van der Waals surface area contributed by atoms with Crippen LogP contribution in [0.1, 0.15) is 121 Å². The standard InChI is InChI=1S/C52H98N2O14Si2/c1-22-40-52(12,58)45(55)33(6)42(53-66-39-26-24-23-25-38(39)60-30(2)3)31(4)28-50(10,57)46(65-49-44(67-69(16,17)18)37(54(13)14)27-32(5)61-49)34(7)43(35(8)48(56)63-40)64-41-29-51(11,59-15)47(36(9)62-41)68-70(19,20)21/h22,30-41,43-47,49,55,57-58H,1,23-29H2,2-21H3/b53-42+/t31-,32-,33+,34+,35-,36+,37+,38?,39?,40-,41+,43+,44-,45-,46-,47+,49+,50-,51-,52-/m1/s1. The van der Waals surface area contributed by atoms with Crippen LogP contribution in [0.15, 0.2) is 17.8 Å². The number of cyclic esters (lactones) is 1. The van der Waals surface area contributed by atoms with Crippen LogP contribution in [0.3, 0.4) is 0 Å². The van der Waals surface area contributed by atoms with Gasteiger partial charge in [0, 0.05) is 37.3 Å². The number of aliphatic hydroxyl groups excluding tert-OH is 1. The molecule has 0 amide bonds. The van der Waals surface area contributed by atoms with E-state index in [0.717, 1.165) is 25.7 Å². The number of likely N-dealkylation sites (N-methyl/N-ethyl adjacent to an activating group) is 1. The summed E-state index contributed by atoms with van der Waals surface area (Å²) in [6.07, 6.45) is -3.27. The molecule has 4 aliphatic rings. The van der Waals surface area contributed by atoms with E-state index in [1.165, 1.54) is 13.0 Å². The maximum atomic E-state index is 14.8. The Bertz CT molecular complexity index is 1710. The van der Waals surface area contributed by atoms with Crippen LogP contribution in [0.25, 0.3) is 0 Å². The molecular weight excluding hydrogens is 933 g/mol. The highest BCUT2D eigenvalue weighted by Gasteiger charge is 2.55. The van der Waals surface area contributed by atoms with Crippen LogP contribution in [0.2, 0.25) is 39.3 Å². The molecular formula is C52H98N2O14Si2. The molecule has 3 N–H and O–H groups in total. The summed E-state index contributed by atoms with van der Waals surface area (Å²) in [6, 6.07) is -0.0839. The Hall–Kier alpha value is -1.37. The molecule has 0 aromatic rings. The molecule has 18 heteroatoms. The predicted molar refractivity (Wildman–Crippen MR) is 276 cm³/mol. The van der Waals surface area contributed by atoms with E-state index in [1.807, 2.05) is 62.6 Å². The maximum absolute atomic E-state index is 14.8. The summed E-state index contributed by atoms with van der Waals surface area (Å²) in [7, 11) is 1.39. The molecule has 1 saturated carbocycles. The minimum absolute atomic E-state index is 0.0209. The van der Waals surface area contributed by atoms with Crippen LogP contribution in [-0.2, 0) is 51.6 Å². The van der Waals surface area contributed by atoms with E-state index >= 15 is 0 Å². The lowest BCUT2D eigenvalue weighted by molar-refractivity contribution is -0.315. The van der Waals surface area contributed by atoms with E-state index < -0.39 is 118 Å². The Morgan fingerprint density at radius 3 is 1.99 bits per heavy atom. The third-order valence-electron chi connectivity index (χ3n) is 14.9. The smallest absolute Gasteiger partial charge is 0.312 e. The van der Waals surface area contributed by atoms with Crippen molar-refractivity contribution in [2.75, 3.05) is 21.2 Å². The van der Waals surface area contributed by atoms with Gasteiger partial charge in [-0.15, -0.1) is 0 Å². The molecule has 3 saturated heterocycles. The van der Waals surface area contributed by atoms with Gasteiger partial charge in [0.15, 0.2) is 41.4 Å². The molecule has 20 atom stereocenters. The SMILES string of the molecule is C=C[C@H]1OC(=O)[C@H](C)[C@@H](O[C@H]2C[C@@](C)(OC)[C@@H](O[Si](C)(C)C)[C@H](C)O2)[C@H](C)[C@@H](O[C@@H]2O[C@H](C)C[C@H](N(C)C)[C@H]2O[Si](C)(C)C)[C@](C)(O)C[C@@H](C)/C(=N\OC2CCCCC2OC(C)C)[C@H](C)[C@@H](O)[C@]1(C)O. The summed E-state index contributed by atoms with van der Waals surface area (Å²) in [5.74, 6) is -4.00. The van der Waals surface area contributed by atoms with Crippen molar-refractivity contribution >= 4 is 28.3 Å². The van der Waals surface area contributed by atoms with Crippen molar-refractivity contribution in [2.45, 2.75) is 263 Å². The van der Waals surface area contributed by atoms with Crippen LogP contribution >= 0.6 is 0 Å². The normalized spacial score (nSPS) is 44.0. The van der Waals surface area contributed by atoms with Crippen LogP contribution in [0.5, 0.6) is 0 Å². The molecule has 3 heterocycles. The zero-order valence-corrected chi connectivity index (χ0v) is 48.9. The molecule has 0 spiro atoms. The Morgan fingerprint density at radius 1 is 0.843 bits per heavy atom. The van der Waals surface area contributed by atoms with Gasteiger partial charge in [-0.3, -0.25) is 4.79 Å². The number of ether oxygens (including phenoxy) is 7. The van der Waals surface area contributed by atoms with Crippen LogP contribution in [0, 0.1) is 23.7 Å². The first-order valence-corrected chi connectivity index (χ1v) is 33.0. The van der Waals surface area contributed by atoms with Crippen LogP contribution in [0.4, 0.5) is 0 Å². The summed E-state index contributed by atoms with van der Waals surface area (Å²) in [5.41, 5.74) is -4.20. The summed E-state index contributed by atoms with van der Waals surface area (Å²) in [4.78, 5) is 23.3. The second-order valence-electron chi connectivity index (χ2n) is 24.4. The van der Waals surface area contributed by atoms with Gasteiger partial charge in [-0.25, -0.2) is 0 Å². The highest BCUT2D eigenvalue weighted by molar-refractivity contribution is 6.70. The zero-order valence-electron chi connectivity index (χ0n) is 46.9. The molecule has 0 aromatic heterocycles. The lowest BCUT2D eigenvalue weighted by Crippen LogP contribution is -2.62. The first-order valence-electron chi connectivity index (χ1n) is 26.2. The Kier molecular flexibility index (Phi) is 21.4. The number of oxime groups is 1. The van der Waals surface area contributed by atoms with Crippen molar-refractivity contribution in [2.24, 2.45) is 28.8 Å². The Balaban J connectivity index is 1.94. The van der Waals surface area contributed by atoms with E-state index in [1.54, 1.807) is 27.9 Å². The number of hydrogen-bond donors (Lipinski definition) is 3. The molecule has 2 unspecified atom stereocenters. The second kappa shape index (κ2) is 24.5. The fourth-order valence-electron chi connectivity index (χ4n) is 11.3. The molecule has 4 rings (SSSR count). The largest absolute Gasteiger partial charge is 0.455 e. The minimum atomic E-state index is -2.23. The van der Waals surface area contributed by atoms with Crippen molar-refractivity contribution in [1.82, 2.24) is 4.90 Å². The third kappa shape index (κ3) is 15.6. The predicted octanol–water partition coefficient (Wildman–Crippen LogP) is 7.82. The molecule has 3 aliphatic heterocycles. The summed E-state index contributed by atoms with van der Waals surface area (Å²) in [6.45, 7) is 37.0. The number of hydrogen-bond acceptors (Lipinski definition) is 16. The average Bonchev–Trinajstić information content (AvgIpc) is 3.23. The molecule has 1 aliphatic carbocycles. The van der Waals surface area contributed by atoms with E-state index in [-0.39, 0.29) is 43.3 Å². The van der Waals surface area contributed by atoms with Crippen LogP contribution < -0.4 is 0 Å². The monoisotopic (exact) mass is 1030 g/mol. The average molecular weight is 1030 g/mol. The first kappa shape index (κ1) is 61.2. The van der Waals surface area contributed by atoms with Crippen LogP contribution in [-0.4, -0.2) is 172 Å². The molecule has 70 heavy (non-hydrogen) atoms.